The van der Waals surface area contributed by atoms with E-state index in [1.807, 2.05) is 24.3 Å². The largest absolute Gasteiger partial charge is 0.484 e. The number of amides is 1. The number of likely N-dealkylation sites (tertiary alicyclic amines) is 1. The lowest BCUT2D eigenvalue weighted by molar-refractivity contribution is -0.132. The van der Waals surface area contributed by atoms with Crippen LogP contribution in [0.15, 0.2) is 24.3 Å². The number of aliphatic hydroxyl groups is 1. The van der Waals surface area contributed by atoms with E-state index < -0.39 is 0 Å². The molecule has 0 unspecified atom stereocenters. The first-order valence-corrected chi connectivity index (χ1v) is 6.75. The number of carbonyl (C=O) groups is 1. The molecule has 104 valence electrons. The standard InChI is InChI=1S/C15H21NO3/c1-11(2)12-3-5-14(6-4-12)19-10-15(18)16-8-7-13(17)9-16/h3-6,11,13,17H,7-10H2,1-2H3/t13-/m0/s1. The van der Waals surface area contributed by atoms with Crippen LogP contribution >= 0.6 is 0 Å². The lowest BCUT2D eigenvalue weighted by atomic mass is 10.0. The summed E-state index contributed by atoms with van der Waals surface area (Å²) in [5.41, 5.74) is 1.25. The second-order valence-electron chi connectivity index (χ2n) is 5.29. The van der Waals surface area contributed by atoms with Gasteiger partial charge in [-0.05, 0) is 30.0 Å². The van der Waals surface area contributed by atoms with Crippen LogP contribution in [-0.2, 0) is 4.79 Å². The van der Waals surface area contributed by atoms with Gasteiger partial charge in [0.1, 0.15) is 5.75 Å². The van der Waals surface area contributed by atoms with Gasteiger partial charge in [-0.2, -0.15) is 0 Å². The van der Waals surface area contributed by atoms with Crippen LogP contribution in [0.2, 0.25) is 0 Å². The molecule has 1 heterocycles. The molecule has 0 bridgehead atoms. The van der Waals surface area contributed by atoms with E-state index in [1.54, 1.807) is 4.90 Å². The van der Waals surface area contributed by atoms with Gasteiger partial charge in [-0.15, -0.1) is 0 Å². The van der Waals surface area contributed by atoms with E-state index in [0.29, 0.717) is 31.2 Å². The molecular weight excluding hydrogens is 242 g/mol. The van der Waals surface area contributed by atoms with Gasteiger partial charge >= 0.3 is 0 Å². The third-order valence-corrected chi connectivity index (χ3v) is 3.43. The molecule has 2 rings (SSSR count). The summed E-state index contributed by atoms with van der Waals surface area (Å²) >= 11 is 0. The maximum Gasteiger partial charge on any atom is 0.260 e. The molecule has 1 saturated heterocycles. The van der Waals surface area contributed by atoms with Crippen molar-refractivity contribution in [2.24, 2.45) is 0 Å². The molecule has 0 aromatic heterocycles. The minimum Gasteiger partial charge on any atom is -0.484 e. The van der Waals surface area contributed by atoms with Crippen molar-refractivity contribution in [1.29, 1.82) is 0 Å². The predicted molar refractivity (Wildman–Crippen MR) is 73.2 cm³/mol. The highest BCUT2D eigenvalue weighted by Crippen LogP contribution is 2.18. The minimum atomic E-state index is -0.380. The topological polar surface area (TPSA) is 49.8 Å². The number of hydrogen-bond acceptors (Lipinski definition) is 3. The Balaban J connectivity index is 1.83. The van der Waals surface area contributed by atoms with Crippen LogP contribution in [0.4, 0.5) is 0 Å². The molecule has 1 aliphatic heterocycles. The molecule has 1 fully saturated rings. The highest BCUT2D eigenvalue weighted by atomic mass is 16.5. The Morgan fingerprint density at radius 3 is 2.63 bits per heavy atom. The molecule has 0 radical (unpaired) electrons. The molecule has 0 aliphatic carbocycles. The zero-order valence-electron chi connectivity index (χ0n) is 11.5. The van der Waals surface area contributed by atoms with Crippen molar-refractivity contribution in [3.8, 4) is 5.75 Å². The molecule has 0 saturated carbocycles. The molecule has 1 aromatic carbocycles. The first-order valence-electron chi connectivity index (χ1n) is 6.75. The Labute approximate surface area is 114 Å². The van der Waals surface area contributed by atoms with Gasteiger partial charge in [0, 0.05) is 13.1 Å². The summed E-state index contributed by atoms with van der Waals surface area (Å²) in [5.74, 6) is 1.13. The minimum absolute atomic E-state index is 0.0355. The third kappa shape index (κ3) is 3.70. The van der Waals surface area contributed by atoms with Crippen LogP contribution in [-0.4, -0.2) is 41.7 Å². The summed E-state index contributed by atoms with van der Waals surface area (Å²) in [5, 5.41) is 9.38. The van der Waals surface area contributed by atoms with E-state index in [2.05, 4.69) is 13.8 Å². The average Bonchev–Trinajstić information content (AvgIpc) is 2.83. The van der Waals surface area contributed by atoms with Gasteiger partial charge in [0.2, 0.25) is 0 Å². The third-order valence-electron chi connectivity index (χ3n) is 3.43. The number of benzene rings is 1. The fourth-order valence-corrected chi connectivity index (χ4v) is 2.15. The lowest BCUT2D eigenvalue weighted by Gasteiger charge is -2.16. The highest BCUT2D eigenvalue weighted by Gasteiger charge is 2.24. The number of ether oxygens (including phenoxy) is 1. The van der Waals surface area contributed by atoms with E-state index in [4.69, 9.17) is 4.74 Å². The van der Waals surface area contributed by atoms with Gasteiger partial charge in [-0.1, -0.05) is 26.0 Å². The van der Waals surface area contributed by atoms with Gasteiger partial charge in [-0.3, -0.25) is 4.79 Å². The molecule has 19 heavy (non-hydrogen) atoms. The van der Waals surface area contributed by atoms with Crippen LogP contribution in [0.1, 0.15) is 31.7 Å². The van der Waals surface area contributed by atoms with Crippen LogP contribution < -0.4 is 4.74 Å². The molecule has 4 heteroatoms. The summed E-state index contributed by atoms with van der Waals surface area (Å²) in [6.07, 6.45) is 0.281. The highest BCUT2D eigenvalue weighted by molar-refractivity contribution is 5.78. The number of rotatable bonds is 4. The van der Waals surface area contributed by atoms with Gasteiger partial charge < -0.3 is 14.7 Å². The second-order valence-corrected chi connectivity index (χ2v) is 5.29. The number of nitrogens with zero attached hydrogens (tertiary/aromatic N) is 1. The Bertz CT molecular complexity index is 428. The fourth-order valence-electron chi connectivity index (χ4n) is 2.15. The zero-order chi connectivity index (χ0) is 13.8. The average molecular weight is 263 g/mol. The summed E-state index contributed by atoms with van der Waals surface area (Å²) in [7, 11) is 0. The Hall–Kier alpha value is -1.55. The van der Waals surface area contributed by atoms with E-state index >= 15 is 0 Å². The van der Waals surface area contributed by atoms with Crippen molar-refractivity contribution in [1.82, 2.24) is 4.90 Å². The molecule has 1 aromatic rings. The van der Waals surface area contributed by atoms with E-state index in [-0.39, 0.29) is 18.6 Å². The van der Waals surface area contributed by atoms with Crippen LogP contribution in [0, 0.1) is 0 Å². The summed E-state index contributed by atoms with van der Waals surface area (Å²) in [6.45, 7) is 5.36. The number of hydrogen-bond donors (Lipinski definition) is 1. The van der Waals surface area contributed by atoms with Crippen molar-refractivity contribution in [3.05, 3.63) is 29.8 Å². The van der Waals surface area contributed by atoms with Crippen LogP contribution in [0.25, 0.3) is 0 Å². The van der Waals surface area contributed by atoms with Crippen LogP contribution in [0.5, 0.6) is 5.75 Å². The van der Waals surface area contributed by atoms with Crippen molar-refractivity contribution in [2.45, 2.75) is 32.3 Å². The predicted octanol–water partition coefficient (Wildman–Crippen LogP) is 1.78. The SMILES string of the molecule is CC(C)c1ccc(OCC(=O)N2CC[C@H](O)C2)cc1. The molecule has 1 atom stereocenters. The van der Waals surface area contributed by atoms with Gasteiger partial charge in [0.25, 0.3) is 5.91 Å². The fraction of sp³-hybridized carbons (Fsp3) is 0.533. The molecule has 1 N–H and O–H groups in total. The maximum absolute atomic E-state index is 11.8. The summed E-state index contributed by atoms with van der Waals surface area (Å²) in [4.78, 5) is 13.5. The van der Waals surface area contributed by atoms with E-state index in [1.165, 1.54) is 5.56 Å². The van der Waals surface area contributed by atoms with Crippen molar-refractivity contribution in [3.63, 3.8) is 0 Å². The number of carbonyl (C=O) groups excluding carboxylic acids is 1. The smallest absolute Gasteiger partial charge is 0.260 e. The van der Waals surface area contributed by atoms with Crippen molar-refractivity contribution in [2.75, 3.05) is 19.7 Å². The molecular formula is C15H21NO3. The quantitative estimate of drug-likeness (QED) is 0.901. The van der Waals surface area contributed by atoms with E-state index in [0.717, 1.165) is 0 Å². The van der Waals surface area contributed by atoms with Crippen molar-refractivity contribution < 1.29 is 14.6 Å². The van der Waals surface area contributed by atoms with Gasteiger partial charge in [0.15, 0.2) is 6.61 Å². The zero-order valence-corrected chi connectivity index (χ0v) is 11.5. The summed E-state index contributed by atoms with van der Waals surface area (Å²) in [6, 6.07) is 7.82. The van der Waals surface area contributed by atoms with Gasteiger partial charge in [-0.25, -0.2) is 0 Å². The molecule has 4 nitrogen and oxygen atoms in total. The van der Waals surface area contributed by atoms with E-state index in [9.17, 15) is 9.90 Å². The Kier molecular flexibility index (Phi) is 4.43. The monoisotopic (exact) mass is 263 g/mol. The normalized spacial score (nSPS) is 18.9. The van der Waals surface area contributed by atoms with Gasteiger partial charge in [0.05, 0.1) is 6.10 Å². The first-order chi connectivity index (χ1) is 9.06. The van der Waals surface area contributed by atoms with Crippen LogP contribution in [0.3, 0.4) is 0 Å². The first kappa shape index (κ1) is 13.9. The molecule has 1 amide bonds. The lowest BCUT2D eigenvalue weighted by Crippen LogP contribution is -2.33. The molecule has 0 spiro atoms. The summed E-state index contributed by atoms with van der Waals surface area (Å²) < 4.78 is 5.48. The number of aliphatic hydroxyl groups excluding tert-OH is 1. The number of β-amino-alcohol motifs (C(OH)–C–C–N with tert-alkyl or cyclic N) is 1. The Morgan fingerprint density at radius 1 is 1.42 bits per heavy atom. The Morgan fingerprint density at radius 2 is 2.11 bits per heavy atom. The van der Waals surface area contributed by atoms with Crippen molar-refractivity contribution >= 4 is 5.91 Å². The second kappa shape index (κ2) is 6.06. The molecule has 1 aliphatic rings. The maximum atomic E-state index is 11.8.